The molecule has 0 unspecified atom stereocenters. The normalized spacial score (nSPS) is 25.6. The average Bonchev–Trinajstić information content (AvgIpc) is 3.01. The first-order valence-electron chi connectivity index (χ1n) is 8.20. The van der Waals surface area contributed by atoms with Crippen LogP contribution in [0.15, 0.2) is 6.33 Å². The van der Waals surface area contributed by atoms with Crippen LogP contribution in [0.4, 0.5) is 14.7 Å². The number of anilines is 1. The molecule has 1 aromatic heterocycles. The highest BCUT2D eigenvalue weighted by molar-refractivity contribution is 5.78. The Labute approximate surface area is 134 Å². The fourth-order valence-corrected chi connectivity index (χ4v) is 3.59. The van der Waals surface area contributed by atoms with E-state index in [4.69, 9.17) is 0 Å². The van der Waals surface area contributed by atoms with Crippen LogP contribution in [-0.4, -0.2) is 51.1 Å². The van der Waals surface area contributed by atoms with Crippen molar-refractivity contribution in [2.45, 2.75) is 51.6 Å². The summed E-state index contributed by atoms with van der Waals surface area (Å²) >= 11 is 0. The number of halogens is 2. The molecule has 1 fully saturated rings. The molecule has 3 heterocycles. The second-order valence-electron chi connectivity index (χ2n) is 6.73. The number of likely N-dealkylation sites (tertiary alicyclic amines) is 1. The molecule has 2 aliphatic rings. The number of carbonyl (C=O) groups is 1. The highest BCUT2D eigenvalue weighted by atomic mass is 19.3. The molecule has 0 aromatic carbocycles. The highest BCUT2D eigenvalue weighted by Crippen LogP contribution is 2.35. The largest absolute Gasteiger partial charge is 0.351 e. The molecule has 0 radical (unpaired) electrons. The van der Waals surface area contributed by atoms with Gasteiger partial charge in [-0.05, 0) is 25.2 Å². The summed E-state index contributed by atoms with van der Waals surface area (Å²) < 4.78 is 27.9. The monoisotopic (exact) mass is 327 g/mol. The van der Waals surface area contributed by atoms with Crippen molar-refractivity contribution in [3.8, 4) is 0 Å². The summed E-state index contributed by atoms with van der Waals surface area (Å²) in [4.78, 5) is 18.0. The second kappa shape index (κ2) is 6.41. The third-order valence-electron chi connectivity index (χ3n) is 4.90. The minimum atomic E-state index is -2.46. The first-order chi connectivity index (χ1) is 11.0. The minimum absolute atomic E-state index is 0.00104. The third kappa shape index (κ3) is 3.16. The number of carbonyl (C=O) groups excluding carboxylic acids is 1. The number of piperidine rings is 1. The van der Waals surface area contributed by atoms with E-state index >= 15 is 0 Å². The summed E-state index contributed by atoms with van der Waals surface area (Å²) in [7, 11) is 0. The van der Waals surface area contributed by atoms with E-state index in [1.165, 1.54) is 11.0 Å². The van der Waals surface area contributed by atoms with Crippen molar-refractivity contribution in [2.75, 3.05) is 18.4 Å². The summed E-state index contributed by atoms with van der Waals surface area (Å²) in [5, 5.41) is 7.15. The molecule has 128 valence electrons. The highest BCUT2D eigenvalue weighted by Gasteiger charge is 2.38. The zero-order valence-corrected chi connectivity index (χ0v) is 13.5. The Kier molecular flexibility index (Phi) is 4.50. The number of rotatable bonds is 3. The summed E-state index contributed by atoms with van der Waals surface area (Å²) in [5.74, 6) is 0.872. The molecule has 3 rings (SSSR count). The first-order valence-corrected chi connectivity index (χ1v) is 8.20. The van der Waals surface area contributed by atoms with E-state index < -0.39 is 12.5 Å². The van der Waals surface area contributed by atoms with E-state index in [-0.39, 0.29) is 23.8 Å². The lowest BCUT2D eigenvalue weighted by Gasteiger charge is -2.40. The summed E-state index contributed by atoms with van der Waals surface area (Å²) in [6.45, 7) is 5.20. The van der Waals surface area contributed by atoms with Gasteiger partial charge in [0.05, 0.1) is 0 Å². The number of nitrogens with zero attached hydrogens (tertiary/aromatic N) is 4. The van der Waals surface area contributed by atoms with Gasteiger partial charge in [-0.25, -0.2) is 13.5 Å². The van der Waals surface area contributed by atoms with Crippen molar-refractivity contribution >= 4 is 11.9 Å². The number of hydrogen-bond donors (Lipinski definition) is 1. The van der Waals surface area contributed by atoms with E-state index in [1.807, 2.05) is 18.7 Å². The summed E-state index contributed by atoms with van der Waals surface area (Å²) in [5.41, 5.74) is 0. The Morgan fingerprint density at radius 2 is 2.04 bits per heavy atom. The van der Waals surface area contributed by atoms with Gasteiger partial charge in [0.1, 0.15) is 12.4 Å². The van der Waals surface area contributed by atoms with Gasteiger partial charge in [-0.15, -0.1) is 0 Å². The zero-order chi connectivity index (χ0) is 16.6. The maximum atomic E-state index is 13.3. The van der Waals surface area contributed by atoms with E-state index in [2.05, 4.69) is 15.4 Å². The van der Waals surface area contributed by atoms with Crippen molar-refractivity contribution in [3.05, 3.63) is 6.33 Å². The molecule has 1 aromatic rings. The lowest BCUT2D eigenvalue weighted by Crippen LogP contribution is -2.47. The molecule has 6 nitrogen and oxygen atoms in total. The number of fused-ring (bicyclic) bond motifs is 1. The number of hydrogen-bond acceptors (Lipinski definition) is 4. The van der Waals surface area contributed by atoms with Crippen LogP contribution in [0, 0.1) is 11.8 Å². The molecule has 23 heavy (non-hydrogen) atoms. The van der Waals surface area contributed by atoms with Crippen molar-refractivity contribution in [2.24, 2.45) is 11.8 Å². The lowest BCUT2D eigenvalue weighted by atomic mass is 9.85. The van der Waals surface area contributed by atoms with E-state index in [0.717, 1.165) is 12.8 Å². The topological polar surface area (TPSA) is 63.1 Å². The molecule has 0 saturated carbocycles. The Morgan fingerprint density at radius 3 is 2.65 bits per heavy atom. The Hall–Kier alpha value is -1.73. The molecule has 1 saturated heterocycles. The molecule has 1 amide bonds. The standard InChI is InChI=1S/C15H23F2N5O/c1-9(2)14(23)21-5-3-10(4-6-21)11-7-12(13(16)17)22-15(20-11)18-8-19-22/h8-13H,3-7H2,1-2H3,(H,18,19,20)/t11-,12+/m0/s1. The molecular formula is C15H23F2N5O. The Balaban J connectivity index is 1.64. The van der Waals surface area contributed by atoms with Gasteiger partial charge in [-0.1, -0.05) is 13.8 Å². The van der Waals surface area contributed by atoms with Gasteiger partial charge in [0.2, 0.25) is 11.9 Å². The fraction of sp³-hybridized carbons (Fsp3) is 0.800. The van der Waals surface area contributed by atoms with Gasteiger partial charge in [-0.2, -0.15) is 10.1 Å². The number of alkyl halides is 2. The fourth-order valence-electron chi connectivity index (χ4n) is 3.59. The Morgan fingerprint density at radius 1 is 1.35 bits per heavy atom. The van der Waals surface area contributed by atoms with Crippen LogP contribution < -0.4 is 5.32 Å². The van der Waals surface area contributed by atoms with Crippen LogP contribution in [0.5, 0.6) is 0 Å². The molecule has 2 atom stereocenters. The SMILES string of the molecule is CC(C)C(=O)N1CCC([C@@H]2C[C@H](C(F)F)n3ncnc3N2)CC1. The van der Waals surface area contributed by atoms with E-state index in [0.29, 0.717) is 25.5 Å². The van der Waals surface area contributed by atoms with Crippen LogP contribution >= 0.6 is 0 Å². The number of aromatic nitrogens is 3. The summed E-state index contributed by atoms with van der Waals surface area (Å²) in [6.07, 6.45) is 0.865. The number of nitrogens with one attached hydrogen (secondary N) is 1. The van der Waals surface area contributed by atoms with Gasteiger partial charge in [0, 0.05) is 25.0 Å². The van der Waals surface area contributed by atoms with Crippen molar-refractivity contribution in [1.29, 1.82) is 0 Å². The van der Waals surface area contributed by atoms with Crippen LogP contribution in [0.2, 0.25) is 0 Å². The Bertz CT molecular complexity index is 554. The lowest BCUT2D eigenvalue weighted by molar-refractivity contribution is -0.135. The first kappa shape index (κ1) is 16.1. The van der Waals surface area contributed by atoms with Gasteiger partial charge in [-0.3, -0.25) is 4.79 Å². The van der Waals surface area contributed by atoms with Gasteiger partial charge < -0.3 is 10.2 Å². The molecule has 2 aliphatic heterocycles. The second-order valence-corrected chi connectivity index (χ2v) is 6.73. The molecular weight excluding hydrogens is 304 g/mol. The van der Waals surface area contributed by atoms with Crippen molar-refractivity contribution in [3.63, 3.8) is 0 Å². The van der Waals surface area contributed by atoms with Crippen molar-refractivity contribution < 1.29 is 13.6 Å². The van der Waals surface area contributed by atoms with Gasteiger partial charge in [0.15, 0.2) is 0 Å². The predicted octanol–water partition coefficient (Wildman–Crippen LogP) is 2.16. The van der Waals surface area contributed by atoms with Crippen LogP contribution in [0.3, 0.4) is 0 Å². The van der Waals surface area contributed by atoms with E-state index in [9.17, 15) is 13.6 Å². The average molecular weight is 327 g/mol. The van der Waals surface area contributed by atoms with Crippen molar-refractivity contribution in [1.82, 2.24) is 19.7 Å². The smallest absolute Gasteiger partial charge is 0.260 e. The maximum absolute atomic E-state index is 13.3. The number of amides is 1. The van der Waals surface area contributed by atoms with Crippen LogP contribution in [-0.2, 0) is 4.79 Å². The summed E-state index contributed by atoms with van der Waals surface area (Å²) in [6, 6.07) is -0.962. The molecule has 0 spiro atoms. The molecule has 8 heteroatoms. The van der Waals surface area contributed by atoms with Gasteiger partial charge >= 0.3 is 0 Å². The van der Waals surface area contributed by atoms with E-state index in [1.54, 1.807) is 0 Å². The molecule has 0 aliphatic carbocycles. The predicted molar refractivity (Wildman–Crippen MR) is 81.2 cm³/mol. The molecule has 0 bridgehead atoms. The molecule has 1 N–H and O–H groups in total. The van der Waals surface area contributed by atoms with Gasteiger partial charge in [0.25, 0.3) is 6.43 Å². The minimum Gasteiger partial charge on any atom is -0.351 e. The quantitative estimate of drug-likeness (QED) is 0.924. The zero-order valence-electron chi connectivity index (χ0n) is 13.5. The third-order valence-corrected chi connectivity index (χ3v) is 4.90. The maximum Gasteiger partial charge on any atom is 0.260 e. The van der Waals surface area contributed by atoms with Crippen LogP contribution in [0.1, 0.15) is 39.2 Å². The van der Waals surface area contributed by atoms with Crippen LogP contribution in [0.25, 0.3) is 0 Å².